The second-order valence-corrected chi connectivity index (χ2v) is 10.3. The van der Waals surface area contributed by atoms with Gasteiger partial charge < -0.3 is 0 Å². The zero-order chi connectivity index (χ0) is 11.1. The van der Waals surface area contributed by atoms with Crippen LogP contribution in [0, 0.1) is 0 Å². The standard InChI is InChI=1S/C13H15ClSi/c1-15(2,3)13-9-8-12(14)10-6-4-5-7-11(10)13/h4-9H,1-3H3. The monoisotopic (exact) mass is 234 g/mol. The van der Waals surface area contributed by atoms with E-state index in [9.17, 15) is 0 Å². The van der Waals surface area contributed by atoms with E-state index < -0.39 is 8.07 Å². The number of rotatable bonds is 1. The van der Waals surface area contributed by atoms with Gasteiger partial charge in [0.15, 0.2) is 0 Å². The predicted molar refractivity (Wildman–Crippen MR) is 71.9 cm³/mol. The molecular weight excluding hydrogens is 220 g/mol. The van der Waals surface area contributed by atoms with Gasteiger partial charge in [0, 0.05) is 10.4 Å². The third-order valence-corrected chi connectivity index (χ3v) is 5.06. The largest absolute Gasteiger partial charge is 0.0837 e. The molecule has 2 aromatic carbocycles. The average molecular weight is 235 g/mol. The summed E-state index contributed by atoms with van der Waals surface area (Å²) in [6.45, 7) is 7.09. The highest BCUT2D eigenvalue weighted by molar-refractivity contribution is 6.90. The van der Waals surface area contributed by atoms with E-state index in [2.05, 4.69) is 43.9 Å². The van der Waals surface area contributed by atoms with E-state index in [4.69, 9.17) is 11.6 Å². The molecular formula is C13H15ClSi. The Bertz CT molecular complexity index is 497. The molecule has 0 radical (unpaired) electrons. The lowest BCUT2D eigenvalue weighted by Gasteiger charge is -2.19. The normalized spacial score (nSPS) is 12.0. The van der Waals surface area contributed by atoms with Crippen LogP contribution in [0.25, 0.3) is 10.8 Å². The van der Waals surface area contributed by atoms with Gasteiger partial charge in [0.05, 0.1) is 8.07 Å². The van der Waals surface area contributed by atoms with Gasteiger partial charge in [-0.25, -0.2) is 0 Å². The van der Waals surface area contributed by atoms with Crippen molar-refractivity contribution < 1.29 is 0 Å². The average Bonchev–Trinajstić information content (AvgIpc) is 2.17. The Balaban J connectivity index is 2.84. The summed E-state index contributed by atoms with van der Waals surface area (Å²) in [4.78, 5) is 0. The first kappa shape index (κ1) is 10.7. The van der Waals surface area contributed by atoms with Gasteiger partial charge in [-0.15, -0.1) is 0 Å². The fraction of sp³-hybridized carbons (Fsp3) is 0.231. The third kappa shape index (κ3) is 1.94. The van der Waals surface area contributed by atoms with Crippen LogP contribution < -0.4 is 5.19 Å². The van der Waals surface area contributed by atoms with Gasteiger partial charge in [-0.1, -0.05) is 66.8 Å². The molecule has 0 amide bonds. The molecule has 0 heterocycles. The second kappa shape index (κ2) is 3.65. The zero-order valence-corrected chi connectivity index (χ0v) is 11.1. The van der Waals surface area contributed by atoms with Gasteiger partial charge in [0.2, 0.25) is 0 Å². The Kier molecular flexibility index (Phi) is 2.61. The summed E-state index contributed by atoms with van der Waals surface area (Å²) in [7, 11) is -1.28. The molecule has 0 spiro atoms. The van der Waals surface area contributed by atoms with E-state index in [0.717, 1.165) is 5.02 Å². The van der Waals surface area contributed by atoms with E-state index in [1.165, 1.54) is 16.0 Å². The minimum Gasteiger partial charge on any atom is -0.0837 e. The van der Waals surface area contributed by atoms with Gasteiger partial charge in [-0.05, 0) is 11.5 Å². The first-order valence-corrected chi connectivity index (χ1v) is 9.05. The van der Waals surface area contributed by atoms with Crippen LogP contribution in [0.5, 0.6) is 0 Å². The Hall–Kier alpha value is -0.793. The van der Waals surface area contributed by atoms with Crippen molar-refractivity contribution in [2.24, 2.45) is 0 Å². The molecule has 0 bridgehead atoms. The van der Waals surface area contributed by atoms with Crippen molar-refractivity contribution in [3.05, 3.63) is 41.4 Å². The molecule has 0 aliphatic carbocycles. The van der Waals surface area contributed by atoms with Crippen molar-refractivity contribution in [2.75, 3.05) is 0 Å². The Labute approximate surface area is 96.9 Å². The molecule has 0 fully saturated rings. The van der Waals surface area contributed by atoms with Crippen molar-refractivity contribution in [2.45, 2.75) is 19.6 Å². The van der Waals surface area contributed by atoms with Gasteiger partial charge in [-0.3, -0.25) is 0 Å². The highest BCUT2D eigenvalue weighted by Gasteiger charge is 2.19. The third-order valence-electron chi connectivity index (χ3n) is 2.68. The molecule has 0 unspecified atom stereocenters. The van der Waals surface area contributed by atoms with Crippen LogP contribution >= 0.6 is 11.6 Å². The SMILES string of the molecule is C[Si](C)(C)c1ccc(Cl)c2ccccc12. The first-order chi connectivity index (χ1) is 7.00. The molecule has 0 saturated heterocycles. The maximum Gasteiger partial charge on any atom is 0.0784 e. The molecule has 0 N–H and O–H groups in total. The highest BCUT2D eigenvalue weighted by atomic mass is 35.5. The van der Waals surface area contributed by atoms with E-state index in [1.807, 2.05) is 12.1 Å². The minimum atomic E-state index is -1.28. The summed E-state index contributed by atoms with van der Waals surface area (Å²) in [6.07, 6.45) is 0. The Morgan fingerprint density at radius 1 is 0.867 bits per heavy atom. The highest BCUT2D eigenvalue weighted by Crippen LogP contribution is 2.23. The number of benzene rings is 2. The quantitative estimate of drug-likeness (QED) is 0.654. The van der Waals surface area contributed by atoms with Crippen molar-refractivity contribution in [3.63, 3.8) is 0 Å². The molecule has 0 nitrogen and oxygen atoms in total. The molecule has 0 atom stereocenters. The van der Waals surface area contributed by atoms with Crippen molar-refractivity contribution >= 4 is 35.6 Å². The van der Waals surface area contributed by atoms with Crippen LogP contribution in [0.1, 0.15) is 0 Å². The van der Waals surface area contributed by atoms with Crippen molar-refractivity contribution in [3.8, 4) is 0 Å². The summed E-state index contributed by atoms with van der Waals surface area (Å²) in [6, 6.07) is 12.6. The summed E-state index contributed by atoms with van der Waals surface area (Å²) in [5, 5.41) is 4.85. The lowest BCUT2D eigenvalue weighted by Crippen LogP contribution is -2.38. The van der Waals surface area contributed by atoms with E-state index in [1.54, 1.807) is 0 Å². The maximum atomic E-state index is 6.19. The van der Waals surface area contributed by atoms with Gasteiger partial charge in [0.1, 0.15) is 0 Å². The fourth-order valence-electron chi connectivity index (χ4n) is 1.92. The fourth-order valence-corrected chi connectivity index (χ4v) is 3.75. The molecule has 15 heavy (non-hydrogen) atoms. The number of hydrogen-bond donors (Lipinski definition) is 0. The number of halogens is 1. The van der Waals surface area contributed by atoms with Crippen molar-refractivity contribution in [1.29, 1.82) is 0 Å². The van der Waals surface area contributed by atoms with E-state index in [0.29, 0.717) is 0 Å². The van der Waals surface area contributed by atoms with Crippen LogP contribution in [0.4, 0.5) is 0 Å². The van der Waals surface area contributed by atoms with E-state index in [-0.39, 0.29) is 0 Å². The maximum absolute atomic E-state index is 6.19. The molecule has 0 aliphatic rings. The van der Waals surface area contributed by atoms with Gasteiger partial charge >= 0.3 is 0 Å². The molecule has 0 aliphatic heterocycles. The van der Waals surface area contributed by atoms with E-state index >= 15 is 0 Å². The lowest BCUT2D eigenvalue weighted by molar-refractivity contribution is 1.71. The van der Waals surface area contributed by atoms with Crippen LogP contribution in [-0.4, -0.2) is 8.07 Å². The van der Waals surface area contributed by atoms with Gasteiger partial charge in [0.25, 0.3) is 0 Å². The topological polar surface area (TPSA) is 0 Å². The zero-order valence-electron chi connectivity index (χ0n) is 9.34. The lowest BCUT2D eigenvalue weighted by atomic mass is 10.1. The predicted octanol–water partition coefficient (Wildman–Crippen LogP) is 4.04. The molecule has 0 aromatic heterocycles. The van der Waals surface area contributed by atoms with Crippen LogP contribution in [-0.2, 0) is 0 Å². The summed E-state index contributed by atoms with van der Waals surface area (Å²) >= 11 is 6.19. The molecule has 78 valence electrons. The Morgan fingerprint density at radius 3 is 2.07 bits per heavy atom. The summed E-state index contributed by atoms with van der Waals surface area (Å²) in [5.74, 6) is 0. The minimum absolute atomic E-state index is 0.854. The molecule has 2 aromatic rings. The summed E-state index contributed by atoms with van der Waals surface area (Å²) < 4.78 is 0. The molecule has 2 heteroatoms. The van der Waals surface area contributed by atoms with Crippen LogP contribution in [0.2, 0.25) is 24.7 Å². The Morgan fingerprint density at radius 2 is 1.47 bits per heavy atom. The smallest absolute Gasteiger partial charge is 0.0784 e. The van der Waals surface area contributed by atoms with Crippen molar-refractivity contribution in [1.82, 2.24) is 0 Å². The van der Waals surface area contributed by atoms with Crippen LogP contribution in [0.15, 0.2) is 36.4 Å². The van der Waals surface area contributed by atoms with Crippen LogP contribution in [0.3, 0.4) is 0 Å². The van der Waals surface area contributed by atoms with Gasteiger partial charge in [-0.2, -0.15) is 0 Å². The molecule has 0 saturated carbocycles. The summed E-state index contributed by atoms with van der Waals surface area (Å²) in [5.41, 5.74) is 0. The number of fused-ring (bicyclic) bond motifs is 1. The first-order valence-electron chi connectivity index (χ1n) is 5.18. The number of hydrogen-bond acceptors (Lipinski definition) is 0. The molecule has 2 rings (SSSR count). The second-order valence-electron chi connectivity index (χ2n) is 4.89.